The van der Waals surface area contributed by atoms with E-state index in [1.165, 1.54) is 24.4 Å². The van der Waals surface area contributed by atoms with Crippen LogP contribution < -0.4 is 4.74 Å². The number of benzene rings is 1. The third kappa shape index (κ3) is 3.38. The standard InChI is InChI=1S/C13H9ClF3NO/c1-8-7-18-12(14)6-11(8)19-10-4-2-3-9(5-10)13(15,16)17/h2-7H,1H3. The molecule has 0 unspecified atom stereocenters. The zero-order valence-electron chi connectivity index (χ0n) is 9.83. The molecule has 1 heterocycles. The summed E-state index contributed by atoms with van der Waals surface area (Å²) >= 11 is 5.72. The van der Waals surface area contributed by atoms with Crippen molar-refractivity contribution in [2.45, 2.75) is 13.1 Å². The van der Waals surface area contributed by atoms with Crippen molar-refractivity contribution in [2.24, 2.45) is 0 Å². The Bertz CT molecular complexity index is 599. The van der Waals surface area contributed by atoms with Gasteiger partial charge in [-0.15, -0.1) is 0 Å². The number of ether oxygens (including phenoxy) is 1. The molecule has 1 aromatic carbocycles. The van der Waals surface area contributed by atoms with Gasteiger partial charge in [-0.3, -0.25) is 0 Å². The molecule has 1 aromatic heterocycles. The van der Waals surface area contributed by atoms with Gasteiger partial charge in [0, 0.05) is 17.8 Å². The molecule has 0 amide bonds. The molecule has 19 heavy (non-hydrogen) atoms. The highest BCUT2D eigenvalue weighted by Crippen LogP contribution is 2.33. The second kappa shape index (κ2) is 5.09. The summed E-state index contributed by atoms with van der Waals surface area (Å²) in [7, 11) is 0. The van der Waals surface area contributed by atoms with Gasteiger partial charge in [-0.05, 0) is 25.1 Å². The van der Waals surface area contributed by atoms with Crippen molar-refractivity contribution in [3.8, 4) is 11.5 Å². The molecule has 0 aliphatic carbocycles. The third-order valence-corrected chi connectivity index (χ3v) is 2.62. The van der Waals surface area contributed by atoms with Crippen LogP contribution in [0.2, 0.25) is 5.15 Å². The molecule has 6 heteroatoms. The van der Waals surface area contributed by atoms with Crippen molar-refractivity contribution in [1.29, 1.82) is 0 Å². The molecule has 0 fully saturated rings. The second-order valence-electron chi connectivity index (χ2n) is 3.90. The fourth-order valence-corrected chi connectivity index (χ4v) is 1.60. The van der Waals surface area contributed by atoms with Crippen LogP contribution in [0.4, 0.5) is 13.2 Å². The topological polar surface area (TPSA) is 22.1 Å². The molecule has 0 bridgehead atoms. The van der Waals surface area contributed by atoms with Crippen LogP contribution in [0.25, 0.3) is 0 Å². The number of pyridine rings is 1. The molecule has 0 atom stereocenters. The molecule has 2 aromatic rings. The lowest BCUT2D eigenvalue weighted by atomic mass is 10.2. The third-order valence-electron chi connectivity index (χ3n) is 2.41. The van der Waals surface area contributed by atoms with Crippen LogP contribution in [0.3, 0.4) is 0 Å². The maximum atomic E-state index is 12.6. The average Bonchev–Trinajstić information content (AvgIpc) is 2.33. The summed E-state index contributed by atoms with van der Waals surface area (Å²) in [4.78, 5) is 3.84. The van der Waals surface area contributed by atoms with Crippen LogP contribution in [0.5, 0.6) is 11.5 Å². The van der Waals surface area contributed by atoms with E-state index in [0.29, 0.717) is 11.3 Å². The Kier molecular flexibility index (Phi) is 3.66. The van der Waals surface area contributed by atoms with Crippen LogP contribution >= 0.6 is 11.6 Å². The van der Waals surface area contributed by atoms with Gasteiger partial charge >= 0.3 is 6.18 Å². The number of aryl methyl sites for hydroxylation is 1. The average molecular weight is 288 g/mol. The van der Waals surface area contributed by atoms with Crippen LogP contribution in [-0.2, 0) is 6.18 Å². The number of alkyl halides is 3. The quantitative estimate of drug-likeness (QED) is 0.736. The van der Waals surface area contributed by atoms with Crippen LogP contribution in [0.1, 0.15) is 11.1 Å². The van der Waals surface area contributed by atoms with Crippen molar-refractivity contribution in [2.75, 3.05) is 0 Å². The molecule has 100 valence electrons. The van der Waals surface area contributed by atoms with Crippen LogP contribution in [0.15, 0.2) is 36.5 Å². The molecule has 2 nitrogen and oxygen atoms in total. The number of hydrogen-bond acceptors (Lipinski definition) is 2. The Morgan fingerprint density at radius 2 is 1.95 bits per heavy atom. The molecule has 0 radical (unpaired) electrons. The number of nitrogens with zero attached hydrogens (tertiary/aromatic N) is 1. The highest BCUT2D eigenvalue weighted by Gasteiger charge is 2.30. The van der Waals surface area contributed by atoms with Gasteiger partial charge in [-0.2, -0.15) is 13.2 Å². The summed E-state index contributed by atoms with van der Waals surface area (Å²) in [6.45, 7) is 1.73. The van der Waals surface area contributed by atoms with Gasteiger partial charge in [0.1, 0.15) is 16.7 Å². The number of aromatic nitrogens is 1. The van der Waals surface area contributed by atoms with E-state index in [-0.39, 0.29) is 10.9 Å². The lowest BCUT2D eigenvalue weighted by molar-refractivity contribution is -0.137. The Labute approximate surface area is 112 Å². The Balaban J connectivity index is 2.31. The van der Waals surface area contributed by atoms with Gasteiger partial charge < -0.3 is 4.74 Å². The minimum atomic E-state index is -4.40. The number of rotatable bonds is 2. The molecular formula is C13H9ClF3NO. The van der Waals surface area contributed by atoms with Crippen molar-refractivity contribution in [3.63, 3.8) is 0 Å². The summed E-state index contributed by atoms with van der Waals surface area (Å²) in [5.41, 5.74) is -0.0791. The van der Waals surface area contributed by atoms with Gasteiger partial charge in [0.15, 0.2) is 0 Å². The maximum Gasteiger partial charge on any atom is 0.416 e. The van der Waals surface area contributed by atoms with Gasteiger partial charge in [0.2, 0.25) is 0 Å². The first-order chi connectivity index (χ1) is 8.86. The summed E-state index contributed by atoms with van der Waals surface area (Å²) < 4.78 is 43.1. The SMILES string of the molecule is Cc1cnc(Cl)cc1Oc1cccc(C(F)(F)F)c1. The summed E-state index contributed by atoms with van der Waals surface area (Å²) in [6, 6.07) is 6.11. The molecular weight excluding hydrogens is 279 g/mol. The Morgan fingerprint density at radius 3 is 2.63 bits per heavy atom. The fraction of sp³-hybridized carbons (Fsp3) is 0.154. The molecule has 0 N–H and O–H groups in total. The Hall–Kier alpha value is -1.75. The normalized spacial score (nSPS) is 11.4. The highest BCUT2D eigenvalue weighted by molar-refractivity contribution is 6.29. The van der Waals surface area contributed by atoms with Crippen molar-refractivity contribution >= 4 is 11.6 Å². The first kappa shape index (κ1) is 13.7. The van der Waals surface area contributed by atoms with Gasteiger partial charge in [-0.1, -0.05) is 17.7 Å². The van der Waals surface area contributed by atoms with E-state index in [1.54, 1.807) is 6.92 Å². The van der Waals surface area contributed by atoms with E-state index in [9.17, 15) is 13.2 Å². The largest absolute Gasteiger partial charge is 0.457 e. The molecule has 0 saturated heterocycles. The summed E-state index contributed by atoms with van der Waals surface area (Å²) in [5, 5.41) is 0.215. The van der Waals surface area contributed by atoms with E-state index in [2.05, 4.69) is 4.98 Å². The van der Waals surface area contributed by atoms with Gasteiger partial charge in [-0.25, -0.2) is 4.98 Å². The maximum absolute atomic E-state index is 12.6. The lowest BCUT2D eigenvalue weighted by Gasteiger charge is -2.11. The van der Waals surface area contributed by atoms with Gasteiger partial charge in [0.25, 0.3) is 0 Å². The van der Waals surface area contributed by atoms with E-state index >= 15 is 0 Å². The number of halogens is 4. The zero-order chi connectivity index (χ0) is 14.0. The smallest absolute Gasteiger partial charge is 0.416 e. The minimum absolute atomic E-state index is 0.0974. The Morgan fingerprint density at radius 1 is 1.21 bits per heavy atom. The van der Waals surface area contributed by atoms with E-state index in [0.717, 1.165) is 12.1 Å². The second-order valence-corrected chi connectivity index (χ2v) is 4.29. The summed E-state index contributed by atoms with van der Waals surface area (Å²) in [6.07, 6.45) is -2.91. The van der Waals surface area contributed by atoms with E-state index < -0.39 is 11.7 Å². The molecule has 0 spiro atoms. The predicted molar refractivity (Wildman–Crippen MR) is 65.5 cm³/mol. The zero-order valence-corrected chi connectivity index (χ0v) is 10.6. The molecule has 0 aliphatic heterocycles. The van der Waals surface area contributed by atoms with Crippen molar-refractivity contribution < 1.29 is 17.9 Å². The first-order valence-electron chi connectivity index (χ1n) is 5.33. The number of hydrogen-bond donors (Lipinski definition) is 0. The van der Waals surface area contributed by atoms with E-state index in [1.807, 2.05) is 0 Å². The molecule has 0 aliphatic rings. The highest BCUT2D eigenvalue weighted by atomic mass is 35.5. The fourth-order valence-electron chi connectivity index (χ4n) is 1.45. The first-order valence-corrected chi connectivity index (χ1v) is 5.71. The summed E-state index contributed by atoms with van der Waals surface area (Å²) in [5.74, 6) is 0.472. The predicted octanol–water partition coefficient (Wildman–Crippen LogP) is 4.85. The van der Waals surface area contributed by atoms with E-state index in [4.69, 9.17) is 16.3 Å². The van der Waals surface area contributed by atoms with Crippen LogP contribution in [-0.4, -0.2) is 4.98 Å². The molecule has 2 rings (SSSR count). The van der Waals surface area contributed by atoms with Crippen molar-refractivity contribution in [1.82, 2.24) is 4.98 Å². The van der Waals surface area contributed by atoms with Crippen LogP contribution in [0, 0.1) is 6.92 Å². The van der Waals surface area contributed by atoms with Crippen molar-refractivity contribution in [3.05, 3.63) is 52.8 Å². The molecule has 0 saturated carbocycles. The lowest BCUT2D eigenvalue weighted by Crippen LogP contribution is -2.04. The minimum Gasteiger partial charge on any atom is -0.457 e. The monoisotopic (exact) mass is 287 g/mol. The van der Waals surface area contributed by atoms with Gasteiger partial charge in [0.05, 0.1) is 5.56 Å².